The van der Waals surface area contributed by atoms with Crippen LogP contribution in [0.5, 0.6) is 0 Å². The fraction of sp³-hybridized carbons (Fsp3) is 0.130. The largest absolute Gasteiger partial charge is 0.324 e. The molecule has 0 atom stereocenters. The van der Waals surface area contributed by atoms with Gasteiger partial charge in [0.1, 0.15) is 23.0 Å². The lowest BCUT2D eigenvalue weighted by atomic mass is 10.2. The Kier molecular flexibility index (Phi) is 6.45. The van der Waals surface area contributed by atoms with E-state index in [2.05, 4.69) is 15.6 Å². The van der Waals surface area contributed by atoms with Crippen LogP contribution in [0.4, 0.5) is 20.2 Å². The standard InChI is InChI=1S/C23H17ClF2N4O3S/c1-11-3-5-14(8-15(11)24)28-18(31)9-30-10-27-22-19(23(30)33)12(2)20(34-22)21(32)29-17-6-4-13(25)7-16(17)26/h3-8,10H,9H2,1-2H3,(H,28,31)(H,29,32). The van der Waals surface area contributed by atoms with E-state index in [0.29, 0.717) is 27.2 Å². The summed E-state index contributed by atoms with van der Waals surface area (Å²) in [5, 5.41) is 5.73. The summed E-state index contributed by atoms with van der Waals surface area (Å²) in [4.78, 5) is 42.8. The minimum absolute atomic E-state index is 0.153. The maximum absolute atomic E-state index is 13.9. The van der Waals surface area contributed by atoms with Crippen molar-refractivity contribution in [2.75, 3.05) is 10.6 Å². The lowest BCUT2D eigenvalue weighted by Gasteiger charge is -2.08. The summed E-state index contributed by atoms with van der Waals surface area (Å²) in [6, 6.07) is 7.85. The van der Waals surface area contributed by atoms with Crippen molar-refractivity contribution in [3.05, 3.63) is 85.7 Å². The molecule has 0 aliphatic carbocycles. The first-order chi connectivity index (χ1) is 16.1. The molecule has 174 valence electrons. The fourth-order valence-electron chi connectivity index (χ4n) is 3.28. The number of aromatic nitrogens is 2. The molecule has 0 saturated carbocycles. The molecule has 0 radical (unpaired) electrons. The highest BCUT2D eigenvalue weighted by atomic mass is 35.5. The number of nitrogens with zero attached hydrogens (tertiary/aromatic N) is 2. The van der Waals surface area contributed by atoms with Gasteiger partial charge in [-0.25, -0.2) is 13.8 Å². The van der Waals surface area contributed by atoms with Crippen LogP contribution in [0, 0.1) is 25.5 Å². The normalized spacial score (nSPS) is 11.0. The Morgan fingerprint density at radius 1 is 1.12 bits per heavy atom. The Bertz CT molecular complexity index is 1520. The number of amides is 2. The maximum Gasteiger partial charge on any atom is 0.266 e. The zero-order valence-electron chi connectivity index (χ0n) is 17.9. The summed E-state index contributed by atoms with van der Waals surface area (Å²) >= 11 is 7.03. The van der Waals surface area contributed by atoms with E-state index in [1.54, 1.807) is 25.1 Å². The van der Waals surface area contributed by atoms with Crippen molar-refractivity contribution in [3.63, 3.8) is 0 Å². The van der Waals surface area contributed by atoms with Crippen molar-refractivity contribution in [2.45, 2.75) is 20.4 Å². The summed E-state index contributed by atoms with van der Waals surface area (Å²) in [5.41, 5.74) is 1.00. The molecule has 0 aliphatic rings. The van der Waals surface area contributed by atoms with E-state index in [1.165, 1.54) is 6.33 Å². The van der Waals surface area contributed by atoms with Gasteiger partial charge in [-0.3, -0.25) is 19.0 Å². The van der Waals surface area contributed by atoms with Crippen molar-refractivity contribution in [2.24, 2.45) is 0 Å². The lowest BCUT2D eigenvalue weighted by Crippen LogP contribution is -2.28. The molecule has 0 spiro atoms. The molecular weight excluding hydrogens is 486 g/mol. The van der Waals surface area contributed by atoms with Crippen LogP contribution in [-0.2, 0) is 11.3 Å². The molecule has 0 unspecified atom stereocenters. The summed E-state index contributed by atoms with van der Waals surface area (Å²) in [5.74, 6) is -2.81. The number of rotatable bonds is 5. The SMILES string of the molecule is Cc1ccc(NC(=O)Cn2cnc3sc(C(=O)Nc4ccc(F)cc4F)c(C)c3c2=O)cc1Cl. The van der Waals surface area contributed by atoms with E-state index < -0.39 is 29.0 Å². The molecule has 2 aromatic heterocycles. The molecule has 11 heteroatoms. The van der Waals surface area contributed by atoms with Gasteiger partial charge >= 0.3 is 0 Å². The third-order valence-electron chi connectivity index (χ3n) is 5.07. The molecule has 0 bridgehead atoms. The van der Waals surface area contributed by atoms with Crippen LogP contribution >= 0.6 is 22.9 Å². The minimum Gasteiger partial charge on any atom is -0.324 e. The molecule has 2 heterocycles. The van der Waals surface area contributed by atoms with Gasteiger partial charge in [0.15, 0.2) is 0 Å². The van der Waals surface area contributed by atoms with Crippen molar-refractivity contribution < 1.29 is 18.4 Å². The quantitative estimate of drug-likeness (QED) is 0.406. The molecule has 34 heavy (non-hydrogen) atoms. The smallest absolute Gasteiger partial charge is 0.266 e. The van der Waals surface area contributed by atoms with Gasteiger partial charge in [-0.1, -0.05) is 17.7 Å². The van der Waals surface area contributed by atoms with Gasteiger partial charge in [-0.2, -0.15) is 0 Å². The topological polar surface area (TPSA) is 93.1 Å². The lowest BCUT2D eigenvalue weighted by molar-refractivity contribution is -0.116. The molecule has 0 fully saturated rings. The molecule has 0 aliphatic heterocycles. The molecule has 4 aromatic rings. The van der Waals surface area contributed by atoms with Crippen molar-refractivity contribution in [3.8, 4) is 0 Å². The first-order valence-corrected chi connectivity index (χ1v) is 11.1. The number of thiophene rings is 1. The Labute approximate surface area is 201 Å². The molecular formula is C23H17ClF2N4O3S. The van der Waals surface area contributed by atoms with Crippen LogP contribution in [-0.4, -0.2) is 21.4 Å². The first-order valence-electron chi connectivity index (χ1n) is 9.95. The Hall–Kier alpha value is -3.63. The van der Waals surface area contributed by atoms with Crippen molar-refractivity contribution >= 4 is 56.3 Å². The number of nitrogens with one attached hydrogen (secondary N) is 2. The van der Waals surface area contributed by atoms with Crippen LogP contribution < -0.4 is 16.2 Å². The maximum atomic E-state index is 13.9. The first kappa shape index (κ1) is 23.5. The third-order valence-corrected chi connectivity index (χ3v) is 6.68. The molecule has 2 N–H and O–H groups in total. The second-order valence-electron chi connectivity index (χ2n) is 7.50. The van der Waals surface area contributed by atoms with Gasteiger partial charge < -0.3 is 10.6 Å². The second-order valence-corrected chi connectivity index (χ2v) is 8.91. The average molecular weight is 503 g/mol. The number of aryl methyl sites for hydroxylation is 2. The van der Waals surface area contributed by atoms with Crippen LogP contribution in [0.3, 0.4) is 0 Å². The van der Waals surface area contributed by atoms with Gasteiger partial charge in [0.25, 0.3) is 11.5 Å². The number of hydrogen-bond donors (Lipinski definition) is 2. The van der Waals surface area contributed by atoms with Gasteiger partial charge in [0.2, 0.25) is 5.91 Å². The summed E-state index contributed by atoms with van der Waals surface area (Å²) in [6.45, 7) is 3.10. The second kappa shape index (κ2) is 9.32. The van der Waals surface area contributed by atoms with Crippen molar-refractivity contribution in [1.29, 1.82) is 0 Å². The highest BCUT2D eigenvalue weighted by Crippen LogP contribution is 2.28. The number of hydrogen-bond acceptors (Lipinski definition) is 5. The van der Waals surface area contributed by atoms with Crippen molar-refractivity contribution in [1.82, 2.24) is 9.55 Å². The zero-order chi connectivity index (χ0) is 24.6. The number of benzene rings is 2. The predicted octanol–water partition coefficient (Wildman–Crippen LogP) is 4.90. The number of fused-ring (bicyclic) bond motifs is 1. The summed E-state index contributed by atoms with van der Waals surface area (Å²) in [6.07, 6.45) is 1.23. The minimum atomic E-state index is -0.923. The van der Waals surface area contributed by atoms with E-state index >= 15 is 0 Å². The Morgan fingerprint density at radius 2 is 1.88 bits per heavy atom. The van der Waals surface area contributed by atoms with E-state index in [4.69, 9.17) is 11.6 Å². The van der Waals surface area contributed by atoms with Gasteiger partial charge in [-0.15, -0.1) is 11.3 Å². The fourth-order valence-corrected chi connectivity index (χ4v) is 4.50. The monoisotopic (exact) mass is 502 g/mol. The molecule has 7 nitrogen and oxygen atoms in total. The van der Waals surface area contributed by atoms with Crippen LogP contribution in [0.15, 0.2) is 47.5 Å². The van der Waals surface area contributed by atoms with E-state index in [1.807, 2.05) is 6.92 Å². The van der Waals surface area contributed by atoms with Gasteiger partial charge in [0.05, 0.1) is 22.3 Å². The summed E-state index contributed by atoms with van der Waals surface area (Å²) in [7, 11) is 0. The van der Waals surface area contributed by atoms with Crippen LogP contribution in [0.1, 0.15) is 20.8 Å². The highest BCUT2D eigenvalue weighted by Gasteiger charge is 2.21. The molecule has 0 saturated heterocycles. The zero-order valence-corrected chi connectivity index (χ0v) is 19.5. The predicted molar refractivity (Wildman–Crippen MR) is 128 cm³/mol. The molecule has 2 amide bonds. The number of halogens is 3. The average Bonchev–Trinajstić information content (AvgIpc) is 3.12. The van der Waals surface area contributed by atoms with E-state index in [9.17, 15) is 23.2 Å². The van der Waals surface area contributed by atoms with E-state index in [-0.39, 0.29) is 22.5 Å². The number of anilines is 2. The Morgan fingerprint density at radius 3 is 2.59 bits per heavy atom. The molecule has 2 aromatic carbocycles. The number of carbonyl (C=O) groups is 2. The van der Waals surface area contributed by atoms with Gasteiger partial charge in [-0.05, 0) is 49.2 Å². The Balaban J connectivity index is 1.58. The van der Waals surface area contributed by atoms with Crippen LogP contribution in [0.2, 0.25) is 5.02 Å². The number of carbonyl (C=O) groups excluding carboxylic acids is 2. The molecule has 4 rings (SSSR count). The third kappa shape index (κ3) is 4.68. The van der Waals surface area contributed by atoms with E-state index in [0.717, 1.165) is 33.6 Å². The summed E-state index contributed by atoms with van der Waals surface area (Å²) < 4.78 is 28.1. The van der Waals surface area contributed by atoms with Crippen LogP contribution in [0.25, 0.3) is 10.2 Å². The highest BCUT2D eigenvalue weighted by molar-refractivity contribution is 7.20. The van der Waals surface area contributed by atoms with Gasteiger partial charge in [0, 0.05) is 16.8 Å².